The average molecular weight is 208 g/mol. The molecule has 78 valence electrons. The minimum atomic E-state index is 0.362. The minimum absolute atomic E-state index is 0.362. The van der Waals surface area contributed by atoms with Crippen LogP contribution in [0.5, 0.6) is 0 Å². The highest BCUT2D eigenvalue weighted by Gasteiger charge is 2.01. The molecule has 0 spiro atoms. The first-order chi connectivity index (χ1) is 7.86. The van der Waals surface area contributed by atoms with Crippen molar-refractivity contribution in [2.75, 3.05) is 6.54 Å². The minimum Gasteiger partial charge on any atom is -0.320 e. The van der Waals surface area contributed by atoms with E-state index in [0.29, 0.717) is 6.54 Å². The number of nitrogens with two attached hydrogens (primary N) is 1. The van der Waals surface area contributed by atoms with Crippen molar-refractivity contribution in [3.05, 3.63) is 47.5 Å². The van der Waals surface area contributed by atoms with Gasteiger partial charge in [0.15, 0.2) is 0 Å². The van der Waals surface area contributed by atoms with Crippen molar-refractivity contribution in [3.63, 3.8) is 0 Å². The third-order valence-corrected chi connectivity index (χ3v) is 2.44. The molecule has 0 heterocycles. The molecule has 0 fully saturated rings. The topological polar surface area (TPSA) is 49.9 Å². The zero-order valence-electron chi connectivity index (χ0n) is 8.83. The Balaban J connectivity index is 2.74. The maximum atomic E-state index is 7.35. The van der Waals surface area contributed by atoms with Crippen molar-refractivity contribution in [2.24, 2.45) is 5.73 Å². The molecule has 0 amide bonds. The summed E-state index contributed by atoms with van der Waals surface area (Å²) in [6.07, 6.45) is 1.36. The van der Waals surface area contributed by atoms with E-state index in [1.165, 1.54) is 6.21 Å². The molecule has 0 bridgehead atoms. The lowest BCUT2D eigenvalue weighted by molar-refractivity contribution is 1.30. The number of fused-ring (bicyclic) bond motifs is 1. The quantitative estimate of drug-likeness (QED) is 0.547. The molecule has 2 nitrogen and oxygen atoms in total. The van der Waals surface area contributed by atoms with Crippen molar-refractivity contribution in [1.29, 1.82) is 5.41 Å². The van der Waals surface area contributed by atoms with Crippen LogP contribution < -0.4 is 5.73 Å². The molecule has 0 aliphatic rings. The van der Waals surface area contributed by atoms with Crippen LogP contribution in [0.2, 0.25) is 0 Å². The number of rotatable bonds is 1. The summed E-state index contributed by atoms with van der Waals surface area (Å²) in [6.45, 7) is 0.362. The fourth-order valence-electron chi connectivity index (χ4n) is 1.70. The van der Waals surface area contributed by atoms with E-state index in [9.17, 15) is 0 Å². The first-order valence-corrected chi connectivity index (χ1v) is 5.08. The summed E-state index contributed by atoms with van der Waals surface area (Å²) in [7, 11) is 0. The van der Waals surface area contributed by atoms with Crippen LogP contribution in [-0.4, -0.2) is 12.8 Å². The van der Waals surface area contributed by atoms with E-state index in [0.717, 1.165) is 21.9 Å². The molecule has 2 aromatic carbocycles. The highest BCUT2D eigenvalue weighted by molar-refractivity contribution is 6.01. The Hall–Kier alpha value is -2.11. The summed E-state index contributed by atoms with van der Waals surface area (Å²) in [5, 5.41) is 9.48. The Labute approximate surface area is 94.6 Å². The third-order valence-electron chi connectivity index (χ3n) is 2.44. The zero-order valence-corrected chi connectivity index (χ0v) is 8.83. The molecular weight excluding hydrogens is 196 g/mol. The lowest BCUT2D eigenvalue weighted by Crippen LogP contribution is -1.93. The van der Waals surface area contributed by atoms with Gasteiger partial charge >= 0.3 is 0 Å². The Morgan fingerprint density at radius 2 is 1.88 bits per heavy atom. The van der Waals surface area contributed by atoms with Gasteiger partial charge in [-0.25, -0.2) is 0 Å². The molecule has 2 aromatic rings. The van der Waals surface area contributed by atoms with Crippen LogP contribution in [0.1, 0.15) is 11.1 Å². The molecule has 2 rings (SSSR count). The SMILES string of the molecule is N=Cc1ccc(C#CCN)c2ccccc12. The molecule has 0 atom stereocenters. The standard InChI is InChI=1S/C14H12N2/c15-9-3-4-11-7-8-12(10-16)14-6-2-1-5-13(11)14/h1-2,5-8,10,16H,9,15H2. The summed E-state index contributed by atoms with van der Waals surface area (Å²) in [5.41, 5.74) is 7.24. The maximum Gasteiger partial charge on any atom is 0.0555 e. The molecule has 3 N–H and O–H groups in total. The predicted octanol–water partition coefficient (Wildman–Crippen LogP) is 2.15. The van der Waals surface area contributed by atoms with Gasteiger partial charge in [0, 0.05) is 11.8 Å². The van der Waals surface area contributed by atoms with Gasteiger partial charge < -0.3 is 11.1 Å². The van der Waals surface area contributed by atoms with Gasteiger partial charge in [0.2, 0.25) is 0 Å². The maximum absolute atomic E-state index is 7.35. The molecule has 0 saturated heterocycles. The zero-order chi connectivity index (χ0) is 11.4. The van der Waals surface area contributed by atoms with Crippen molar-refractivity contribution in [2.45, 2.75) is 0 Å². The second-order valence-electron chi connectivity index (χ2n) is 3.40. The normalized spacial score (nSPS) is 9.56. The monoisotopic (exact) mass is 208 g/mol. The molecule has 16 heavy (non-hydrogen) atoms. The lowest BCUT2D eigenvalue weighted by Gasteiger charge is -2.03. The summed E-state index contributed by atoms with van der Waals surface area (Å²) in [5.74, 6) is 5.90. The van der Waals surface area contributed by atoms with Gasteiger partial charge in [-0.2, -0.15) is 0 Å². The Kier molecular flexibility index (Phi) is 3.00. The van der Waals surface area contributed by atoms with Gasteiger partial charge in [-0.05, 0) is 22.4 Å². The largest absolute Gasteiger partial charge is 0.320 e. The highest BCUT2D eigenvalue weighted by Crippen LogP contribution is 2.21. The van der Waals surface area contributed by atoms with Crippen LogP contribution in [0, 0.1) is 17.3 Å². The molecule has 0 aromatic heterocycles. The Morgan fingerprint density at radius 3 is 2.56 bits per heavy atom. The summed E-state index contributed by atoms with van der Waals surface area (Å²) >= 11 is 0. The first kappa shape index (κ1) is 10.4. The molecule has 0 saturated carbocycles. The molecule has 0 unspecified atom stereocenters. The van der Waals surface area contributed by atoms with Crippen molar-refractivity contribution in [1.82, 2.24) is 0 Å². The van der Waals surface area contributed by atoms with Crippen LogP contribution in [0.15, 0.2) is 36.4 Å². The average Bonchev–Trinajstić information content (AvgIpc) is 2.36. The van der Waals surface area contributed by atoms with E-state index in [1.54, 1.807) is 0 Å². The van der Waals surface area contributed by atoms with Crippen LogP contribution in [-0.2, 0) is 0 Å². The molecule has 2 heteroatoms. The van der Waals surface area contributed by atoms with E-state index in [1.807, 2.05) is 36.4 Å². The van der Waals surface area contributed by atoms with Gasteiger partial charge in [0.25, 0.3) is 0 Å². The van der Waals surface area contributed by atoms with E-state index in [-0.39, 0.29) is 0 Å². The van der Waals surface area contributed by atoms with Gasteiger partial charge in [-0.1, -0.05) is 42.2 Å². The summed E-state index contributed by atoms with van der Waals surface area (Å²) < 4.78 is 0. The van der Waals surface area contributed by atoms with Crippen LogP contribution in [0.4, 0.5) is 0 Å². The summed E-state index contributed by atoms with van der Waals surface area (Å²) in [4.78, 5) is 0. The Bertz CT molecular complexity index is 588. The number of benzene rings is 2. The van der Waals surface area contributed by atoms with E-state index in [4.69, 9.17) is 11.1 Å². The number of hydrogen-bond donors (Lipinski definition) is 2. The first-order valence-electron chi connectivity index (χ1n) is 5.08. The van der Waals surface area contributed by atoms with Crippen molar-refractivity contribution < 1.29 is 0 Å². The van der Waals surface area contributed by atoms with E-state index >= 15 is 0 Å². The molecular formula is C14H12N2. The fourth-order valence-corrected chi connectivity index (χ4v) is 1.70. The van der Waals surface area contributed by atoms with Gasteiger partial charge in [-0.15, -0.1) is 0 Å². The fraction of sp³-hybridized carbons (Fsp3) is 0.0714. The van der Waals surface area contributed by atoms with E-state index < -0.39 is 0 Å². The molecule has 0 radical (unpaired) electrons. The van der Waals surface area contributed by atoms with Gasteiger partial charge in [-0.3, -0.25) is 0 Å². The number of hydrogen-bond acceptors (Lipinski definition) is 2. The number of nitrogens with one attached hydrogen (secondary N) is 1. The van der Waals surface area contributed by atoms with Crippen molar-refractivity contribution in [3.8, 4) is 11.8 Å². The predicted molar refractivity (Wildman–Crippen MR) is 67.8 cm³/mol. The molecule has 0 aliphatic heterocycles. The van der Waals surface area contributed by atoms with Gasteiger partial charge in [0.05, 0.1) is 6.54 Å². The lowest BCUT2D eigenvalue weighted by atomic mass is 10.0. The van der Waals surface area contributed by atoms with Crippen LogP contribution >= 0.6 is 0 Å². The van der Waals surface area contributed by atoms with E-state index in [2.05, 4.69) is 11.8 Å². The summed E-state index contributed by atoms with van der Waals surface area (Å²) in [6, 6.07) is 11.8. The van der Waals surface area contributed by atoms with Crippen LogP contribution in [0.25, 0.3) is 10.8 Å². The second-order valence-corrected chi connectivity index (χ2v) is 3.40. The van der Waals surface area contributed by atoms with Gasteiger partial charge in [0.1, 0.15) is 0 Å². The smallest absolute Gasteiger partial charge is 0.0555 e. The highest BCUT2D eigenvalue weighted by atomic mass is 14.5. The Morgan fingerprint density at radius 1 is 1.12 bits per heavy atom. The van der Waals surface area contributed by atoms with Crippen molar-refractivity contribution >= 4 is 17.0 Å². The van der Waals surface area contributed by atoms with Crippen LogP contribution in [0.3, 0.4) is 0 Å². The molecule has 0 aliphatic carbocycles. The third kappa shape index (κ3) is 1.81. The second kappa shape index (κ2) is 4.61.